The van der Waals surface area contributed by atoms with Gasteiger partial charge in [-0.05, 0) is 18.4 Å². The van der Waals surface area contributed by atoms with Crippen LogP contribution in [0.5, 0.6) is 0 Å². The second-order valence-corrected chi connectivity index (χ2v) is 4.62. The van der Waals surface area contributed by atoms with E-state index < -0.39 is 12.0 Å². The van der Waals surface area contributed by atoms with E-state index in [0.717, 1.165) is 18.4 Å². The van der Waals surface area contributed by atoms with Crippen LogP contribution in [-0.2, 0) is 23.1 Å². The molecule has 0 aliphatic heterocycles. The van der Waals surface area contributed by atoms with Crippen LogP contribution >= 0.6 is 0 Å². The third-order valence-electron chi connectivity index (χ3n) is 2.88. The SMILES string of the molecule is CCCC[C@H](NC(=O)CCc1cnn(C)c1)C(=O)O. The van der Waals surface area contributed by atoms with Crippen LogP contribution in [0.2, 0.25) is 0 Å². The van der Waals surface area contributed by atoms with Crippen LogP contribution < -0.4 is 5.32 Å². The van der Waals surface area contributed by atoms with E-state index in [1.807, 2.05) is 20.2 Å². The van der Waals surface area contributed by atoms with E-state index in [1.54, 1.807) is 10.9 Å². The van der Waals surface area contributed by atoms with Gasteiger partial charge in [-0.15, -0.1) is 0 Å². The Morgan fingerprint density at radius 1 is 1.53 bits per heavy atom. The van der Waals surface area contributed by atoms with E-state index in [2.05, 4.69) is 10.4 Å². The Morgan fingerprint density at radius 3 is 2.79 bits per heavy atom. The van der Waals surface area contributed by atoms with Gasteiger partial charge in [0.1, 0.15) is 6.04 Å². The van der Waals surface area contributed by atoms with Gasteiger partial charge in [-0.2, -0.15) is 5.10 Å². The molecule has 0 aliphatic rings. The quantitative estimate of drug-likeness (QED) is 0.739. The number of aromatic nitrogens is 2. The van der Waals surface area contributed by atoms with Crippen molar-refractivity contribution in [3.05, 3.63) is 18.0 Å². The number of nitrogens with zero attached hydrogens (tertiary/aromatic N) is 2. The average Bonchev–Trinajstić information content (AvgIpc) is 2.77. The van der Waals surface area contributed by atoms with Gasteiger partial charge in [-0.3, -0.25) is 9.48 Å². The molecule has 0 aromatic carbocycles. The molecule has 0 unspecified atom stereocenters. The number of amides is 1. The lowest BCUT2D eigenvalue weighted by Gasteiger charge is -2.13. The molecule has 1 rings (SSSR count). The first-order chi connectivity index (χ1) is 9.02. The van der Waals surface area contributed by atoms with Crippen LogP contribution in [-0.4, -0.2) is 32.8 Å². The number of aryl methyl sites for hydroxylation is 2. The number of hydrogen-bond donors (Lipinski definition) is 2. The number of carbonyl (C=O) groups is 2. The smallest absolute Gasteiger partial charge is 0.326 e. The van der Waals surface area contributed by atoms with Crippen LogP contribution in [0.1, 0.15) is 38.2 Å². The maximum absolute atomic E-state index is 11.7. The second kappa shape index (κ2) is 7.56. The zero-order valence-electron chi connectivity index (χ0n) is 11.4. The number of unbranched alkanes of at least 4 members (excludes halogenated alkanes) is 1. The summed E-state index contributed by atoms with van der Waals surface area (Å²) in [6.07, 6.45) is 6.58. The number of carboxylic acid groups (broad SMARTS) is 1. The molecule has 1 aromatic rings. The first-order valence-electron chi connectivity index (χ1n) is 6.52. The first-order valence-corrected chi connectivity index (χ1v) is 6.52. The van der Waals surface area contributed by atoms with E-state index in [-0.39, 0.29) is 12.3 Å². The zero-order chi connectivity index (χ0) is 14.3. The highest BCUT2D eigenvalue weighted by Gasteiger charge is 2.18. The molecule has 19 heavy (non-hydrogen) atoms. The van der Waals surface area contributed by atoms with Gasteiger partial charge in [-0.1, -0.05) is 19.8 Å². The largest absolute Gasteiger partial charge is 0.480 e. The maximum Gasteiger partial charge on any atom is 0.326 e. The summed E-state index contributed by atoms with van der Waals surface area (Å²) in [4.78, 5) is 22.7. The van der Waals surface area contributed by atoms with Crippen molar-refractivity contribution in [3.63, 3.8) is 0 Å². The van der Waals surface area contributed by atoms with Crippen LogP contribution in [0.3, 0.4) is 0 Å². The summed E-state index contributed by atoms with van der Waals surface area (Å²) in [6, 6.07) is -0.777. The molecule has 106 valence electrons. The van der Waals surface area contributed by atoms with E-state index in [4.69, 9.17) is 5.11 Å². The van der Waals surface area contributed by atoms with Gasteiger partial charge < -0.3 is 10.4 Å². The summed E-state index contributed by atoms with van der Waals surface area (Å²) in [6.45, 7) is 1.99. The highest BCUT2D eigenvalue weighted by atomic mass is 16.4. The second-order valence-electron chi connectivity index (χ2n) is 4.62. The third-order valence-corrected chi connectivity index (χ3v) is 2.88. The molecule has 1 aromatic heterocycles. The molecule has 0 spiro atoms. The highest BCUT2D eigenvalue weighted by molar-refractivity contribution is 5.83. The lowest BCUT2D eigenvalue weighted by Crippen LogP contribution is -2.40. The minimum Gasteiger partial charge on any atom is -0.480 e. The standard InChI is InChI=1S/C13H21N3O3/c1-3-4-5-11(13(18)19)15-12(17)7-6-10-8-14-16(2)9-10/h8-9,11H,3-7H2,1-2H3,(H,15,17)(H,18,19)/t11-/m0/s1. The summed E-state index contributed by atoms with van der Waals surface area (Å²) < 4.78 is 1.68. The Balaban J connectivity index is 2.37. The van der Waals surface area contributed by atoms with Gasteiger partial charge in [0.05, 0.1) is 6.20 Å². The molecule has 0 radical (unpaired) electrons. The average molecular weight is 267 g/mol. The van der Waals surface area contributed by atoms with Crippen molar-refractivity contribution in [2.75, 3.05) is 0 Å². The molecule has 2 N–H and O–H groups in total. The molecule has 6 nitrogen and oxygen atoms in total. The van der Waals surface area contributed by atoms with Crippen molar-refractivity contribution in [1.29, 1.82) is 0 Å². The first kappa shape index (κ1) is 15.2. The van der Waals surface area contributed by atoms with Gasteiger partial charge in [0.25, 0.3) is 0 Å². The number of carboxylic acids is 1. The molecule has 0 saturated carbocycles. The van der Waals surface area contributed by atoms with Crippen LogP contribution in [0, 0.1) is 0 Å². The van der Waals surface area contributed by atoms with Gasteiger partial charge in [0.2, 0.25) is 5.91 Å². The monoisotopic (exact) mass is 267 g/mol. The van der Waals surface area contributed by atoms with E-state index >= 15 is 0 Å². The number of rotatable bonds is 8. The van der Waals surface area contributed by atoms with Crippen molar-refractivity contribution in [2.45, 2.75) is 45.1 Å². The minimum absolute atomic E-state index is 0.229. The van der Waals surface area contributed by atoms with Crippen molar-refractivity contribution >= 4 is 11.9 Å². The van der Waals surface area contributed by atoms with Crippen LogP contribution in [0.15, 0.2) is 12.4 Å². The van der Waals surface area contributed by atoms with Crippen molar-refractivity contribution < 1.29 is 14.7 Å². The molecular formula is C13H21N3O3. The van der Waals surface area contributed by atoms with Crippen molar-refractivity contribution in [2.24, 2.45) is 7.05 Å². The topological polar surface area (TPSA) is 84.2 Å². The summed E-state index contributed by atoms with van der Waals surface area (Å²) >= 11 is 0. The summed E-state index contributed by atoms with van der Waals surface area (Å²) in [7, 11) is 1.81. The Labute approximate surface area is 112 Å². The van der Waals surface area contributed by atoms with Gasteiger partial charge >= 0.3 is 5.97 Å². The van der Waals surface area contributed by atoms with E-state index in [9.17, 15) is 9.59 Å². The minimum atomic E-state index is -0.969. The van der Waals surface area contributed by atoms with Crippen molar-refractivity contribution in [1.82, 2.24) is 15.1 Å². The number of nitrogens with one attached hydrogen (secondary N) is 1. The highest BCUT2D eigenvalue weighted by Crippen LogP contribution is 2.04. The number of aliphatic carboxylic acids is 1. The van der Waals surface area contributed by atoms with Gasteiger partial charge in [0.15, 0.2) is 0 Å². The summed E-state index contributed by atoms with van der Waals surface area (Å²) in [5, 5.41) is 15.6. The molecular weight excluding hydrogens is 246 g/mol. The number of hydrogen-bond acceptors (Lipinski definition) is 3. The number of carbonyl (C=O) groups excluding carboxylic acids is 1. The zero-order valence-corrected chi connectivity index (χ0v) is 11.4. The molecule has 6 heteroatoms. The fraction of sp³-hybridized carbons (Fsp3) is 0.615. The molecule has 0 bridgehead atoms. The third kappa shape index (κ3) is 5.54. The molecule has 1 amide bonds. The Bertz CT molecular complexity index is 429. The van der Waals surface area contributed by atoms with Gasteiger partial charge in [0, 0.05) is 19.7 Å². The summed E-state index contributed by atoms with van der Waals surface area (Å²) in [5.74, 6) is -1.20. The Morgan fingerprint density at radius 2 is 2.26 bits per heavy atom. The van der Waals surface area contributed by atoms with Crippen molar-refractivity contribution in [3.8, 4) is 0 Å². The predicted molar refractivity (Wildman–Crippen MR) is 70.6 cm³/mol. The molecule has 0 aliphatic carbocycles. The normalized spacial score (nSPS) is 12.1. The van der Waals surface area contributed by atoms with E-state index in [1.165, 1.54) is 0 Å². The van der Waals surface area contributed by atoms with Crippen LogP contribution in [0.4, 0.5) is 0 Å². The lowest BCUT2D eigenvalue weighted by atomic mass is 10.1. The maximum atomic E-state index is 11.7. The lowest BCUT2D eigenvalue weighted by molar-refractivity contribution is -0.142. The Hall–Kier alpha value is -1.85. The fourth-order valence-corrected chi connectivity index (χ4v) is 1.79. The fourth-order valence-electron chi connectivity index (χ4n) is 1.79. The summed E-state index contributed by atoms with van der Waals surface area (Å²) in [5.41, 5.74) is 0.970. The Kier molecular flexibility index (Phi) is 6.05. The molecule has 0 fully saturated rings. The molecule has 1 atom stereocenters. The van der Waals surface area contributed by atoms with Crippen LogP contribution in [0.25, 0.3) is 0 Å². The molecule has 0 saturated heterocycles. The van der Waals surface area contributed by atoms with Gasteiger partial charge in [-0.25, -0.2) is 4.79 Å². The van der Waals surface area contributed by atoms with E-state index in [0.29, 0.717) is 12.8 Å². The predicted octanol–water partition coefficient (Wildman–Crippen LogP) is 1.11. The molecule has 1 heterocycles.